The van der Waals surface area contributed by atoms with Crippen LogP contribution in [0.2, 0.25) is 0 Å². The van der Waals surface area contributed by atoms with E-state index in [9.17, 15) is 18.0 Å². The molecule has 8 heteroatoms. The Bertz CT molecular complexity index is 986. The third-order valence-corrected chi connectivity index (χ3v) is 6.03. The first-order valence-corrected chi connectivity index (χ1v) is 11.5. The maximum absolute atomic E-state index is 13.2. The molecule has 0 aliphatic heterocycles. The standard InChI is InChI=1S/C22H29N3O4S/c1-16-6-10-19(11-7-16)14-24(18(3)22(27)23-4)21(26)15-25(30(5,28)29)20-12-8-17(2)9-13-20/h6-13,18H,14-15H2,1-5H3,(H,23,27). The average molecular weight is 432 g/mol. The molecule has 2 rings (SSSR count). The Kier molecular flexibility index (Phi) is 7.61. The van der Waals surface area contributed by atoms with Crippen molar-refractivity contribution < 1.29 is 18.0 Å². The van der Waals surface area contributed by atoms with Gasteiger partial charge in [-0.25, -0.2) is 8.42 Å². The van der Waals surface area contributed by atoms with Gasteiger partial charge in [-0.2, -0.15) is 0 Å². The van der Waals surface area contributed by atoms with Crippen molar-refractivity contribution in [2.45, 2.75) is 33.4 Å². The summed E-state index contributed by atoms with van der Waals surface area (Å²) < 4.78 is 25.9. The molecular formula is C22H29N3O4S. The summed E-state index contributed by atoms with van der Waals surface area (Å²) in [6, 6.07) is 13.8. The Morgan fingerprint density at radius 1 is 0.967 bits per heavy atom. The van der Waals surface area contributed by atoms with Crippen LogP contribution < -0.4 is 9.62 Å². The summed E-state index contributed by atoms with van der Waals surface area (Å²) in [5.41, 5.74) is 3.32. The van der Waals surface area contributed by atoms with Crippen LogP contribution in [0.5, 0.6) is 0 Å². The number of anilines is 1. The molecule has 1 N–H and O–H groups in total. The van der Waals surface area contributed by atoms with Crippen LogP contribution in [-0.4, -0.2) is 51.0 Å². The molecule has 162 valence electrons. The number of nitrogens with one attached hydrogen (secondary N) is 1. The molecule has 2 aromatic rings. The first-order valence-electron chi connectivity index (χ1n) is 9.64. The number of likely N-dealkylation sites (N-methyl/N-ethyl adjacent to an activating group) is 1. The summed E-state index contributed by atoms with van der Waals surface area (Å²) in [5, 5.41) is 2.55. The third kappa shape index (κ3) is 6.06. The minimum atomic E-state index is -3.70. The molecule has 0 fully saturated rings. The van der Waals surface area contributed by atoms with Crippen LogP contribution in [-0.2, 0) is 26.2 Å². The number of hydrogen-bond acceptors (Lipinski definition) is 4. The van der Waals surface area contributed by atoms with E-state index in [4.69, 9.17) is 0 Å². The van der Waals surface area contributed by atoms with Gasteiger partial charge in [-0.05, 0) is 38.5 Å². The Morgan fingerprint density at radius 2 is 1.47 bits per heavy atom. The normalized spacial score (nSPS) is 12.2. The average Bonchev–Trinajstić information content (AvgIpc) is 2.70. The molecule has 0 radical (unpaired) electrons. The Labute approximate surface area is 178 Å². The van der Waals surface area contributed by atoms with Crippen molar-refractivity contribution in [3.05, 3.63) is 65.2 Å². The molecule has 1 unspecified atom stereocenters. The Morgan fingerprint density at radius 3 is 1.93 bits per heavy atom. The van der Waals surface area contributed by atoms with Gasteiger partial charge in [-0.3, -0.25) is 13.9 Å². The Hall–Kier alpha value is -2.87. The minimum absolute atomic E-state index is 0.194. The van der Waals surface area contributed by atoms with Crippen LogP contribution in [0, 0.1) is 13.8 Å². The van der Waals surface area contributed by atoms with E-state index < -0.39 is 28.5 Å². The van der Waals surface area contributed by atoms with Crippen molar-refractivity contribution in [3.63, 3.8) is 0 Å². The molecule has 0 heterocycles. The molecular weight excluding hydrogens is 402 g/mol. The SMILES string of the molecule is CNC(=O)C(C)N(Cc1ccc(C)cc1)C(=O)CN(c1ccc(C)cc1)S(C)(=O)=O. The topological polar surface area (TPSA) is 86.8 Å². The molecule has 2 amide bonds. The fourth-order valence-electron chi connectivity index (χ4n) is 3.01. The van der Waals surface area contributed by atoms with Crippen LogP contribution in [0.1, 0.15) is 23.6 Å². The third-order valence-electron chi connectivity index (χ3n) is 4.89. The van der Waals surface area contributed by atoms with Crippen molar-refractivity contribution in [1.29, 1.82) is 0 Å². The van der Waals surface area contributed by atoms with Gasteiger partial charge in [-0.15, -0.1) is 0 Å². The van der Waals surface area contributed by atoms with Gasteiger partial charge in [0.2, 0.25) is 21.8 Å². The van der Waals surface area contributed by atoms with E-state index in [1.165, 1.54) is 11.9 Å². The monoisotopic (exact) mass is 431 g/mol. The first-order chi connectivity index (χ1) is 14.0. The lowest BCUT2D eigenvalue weighted by atomic mass is 10.1. The first kappa shape index (κ1) is 23.4. The van der Waals surface area contributed by atoms with Crippen LogP contribution in [0.3, 0.4) is 0 Å². The van der Waals surface area contributed by atoms with E-state index >= 15 is 0 Å². The van der Waals surface area contributed by atoms with E-state index in [1.807, 2.05) is 38.1 Å². The zero-order valence-corrected chi connectivity index (χ0v) is 18.9. The second-order valence-corrected chi connectivity index (χ2v) is 9.31. The summed E-state index contributed by atoms with van der Waals surface area (Å²) in [5.74, 6) is -0.783. The van der Waals surface area contributed by atoms with Crippen LogP contribution in [0.15, 0.2) is 48.5 Å². The summed E-state index contributed by atoms with van der Waals surface area (Å²) in [6.45, 7) is 5.29. The second-order valence-electron chi connectivity index (χ2n) is 7.40. The summed E-state index contributed by atoms with van der Waals surface area (Å²) in [6.07, 6.45) is 1.06. The van der Waals surface area contributed by atoms with Crippen LogP contribution in [0.25, 0.3) is 0 Å². The fraction of sp³-hybridized carbons (Fsp3) is 0.364. The molecule has 2 aromatic carbocycles. The fourth-order valence-corrected chi connectivity index (χ4v) is 3.86. The lowest BCUT2D eigenvalue weighted by Crippen LogP contribution is -2.50. The van der Waals surface area contributed by atoms with Gasteiger partial charge >= 0.3 is 0 Å². The van der Waals surface area contributed by atoms with E-state index in [2.05, 4.69) is 5.32 Å². The van der Waals surface area contributed by atoms with Crippen molar-refractivity contribution >= 4 is 27.5 Å². The van der Waals surface area contributed by atoms with Gasteiger partial charge < -0.3 is 10.2 Å². The zero-order valence-electron chi connectivity index (χ0n) is 18.0. The summed E-state index contributed by atoms with van der Waals surface area (Å²) >= 11 is 0. The minimum Gasteiger partial charge on any atom is -0.357 e. The number of aryl methyl sites for hydroxylation is 2. The molecule has 0 saturated heterocycles. The molecule has 0 aliphatic carbocycles. The van der Waals surface area contributed by atoms with Crippen molar-refractivity contribution in [2.75, 3.05) is 24.2 Å². The summed E-state index contributed by atoms with van der Waals surface area (Å²) in [4.78, 5) is 26.9. The van der Waals surface area contributed by atoms with E-state index in [0.717, 1.165) is 27.3 Å². The lowest BCUT2D eigenvalue weighted by Gasteiger charge is -2.31. The number of amides is 2. The smallest absolute Gasteiger partial charge is 0.244 e. The maximum atomic E-state index is 13.2. The highest BCUT2D eigenvalue weighted by molar-refractivity contribution is 7.92. The number of benzene rings is 2. The second kappa shape index (κ2) is 9.75. The van der Waals surface area contributed by atoms with Crippen molar-refractivity contribution in [1.82, 2.24) is 10.2 Å². The predicted molar refractivity (Wildman–Crippen MR) is 119 cm³/mol. The molecule has 1 atom stereocenters. The van der Waals surface area contributed by atoms with Crippen LogP contribution >= 0.6 is 0 Å². The molecule has 0 aliphatic rings. The maximum Gasteiger partial charge on any atom is 0.244 e. The van der Waals surface area contributed by atoms with E-state index in [0.29, 0.717) is 5.69 Å². The zero-order chi connectivity index (χ0) is 22.5. The van der Waals surface area contributed by atoms with Gasteiger partial charge in [0.25, 0.3) is 0 Å². The Balaban J connectivity index is 2.35. The van der Waals surface area contributed by atoms with Gasteiger partial charge in [0, 0.05) is 13.6 Å². The molecule has 7 nitrogen and oxygen atoms in total. The number of nitrogens with zero attached hydrogens (tertiary/aromatic N) is 2. The van der Waals surface area contributed by atoms with Gasteiger partial charge in [0.1, 0.15) is 12.6 Å². The lowest BCUT2D eigenvalue weighted by molar-refractivity contribution is -0.139. The van der Waals surface area contributed by atoms with Gasteiger partial charge in [0.05, 0.1) is 11.9 Å². The highest BCUT2D eigenvalue weighted by Gasteiger charge is 2.29. The quantitative estimate of drug-likeness (QED) is 0.694. The van der Waals surface area contributed by atoms with Crippen LogP contribution in [0.4, 0.5) is 5.69 Å². The predicted octanol–water partition coefficient (Wildman–Crippen LogP) is 2.23. The molecule has 0 aromatic heterocycles. The molecule has 0 spiro atoms. The van der Waals surface area contributed by atoms with E-state index in [1.54, 1.807) is 31.2 Å². The van der Waals surface area contributed by atoms with Gasteiger partial charge in [0.15, 0.2) is 0 Å². The largest absolute Gasteiger partial charge is 0.357 e. The molecule has 0 bridgehead atoms. The van der Waals surface area contributed by atoms with Gasteiger partial charge in [-0.1, -0.05) is 47.5 Å². The van der Waals surface area contributed by atoms with Crippen molar-refractivity contribution in [3.8, 4) is 0 Å². The summed E-state index contributed by atoms with van der Waals surface area (Å²) in [7, 11) is -2.20. The highest BCUT2D eigenvalue weighted by atomic mass is 32.2. The van der Waals surface area contributed by atoms with E-state index in [-0.39, 0.29) is 12.5 Å². The molecule has 0 saturated carbocycles. The number of hydrogen-bond donors (Lipinski definition) is 1. The number of carbonyl (C=O) groups excluding carboxylic acids is 2. The number of carbonyl (C=O) groups is 2. The number of sulfonamides is 1. The number of rotatable bonds is 8. The molecule has 30 heavy (non-hydrogen) atoms. The van der Waals surface area contributed by atoms with Crippen molar-refractivity contribution in [2.24, 2.45) is 0 Å². The highest BCUT2D eigenvalue weighted by Crippen LogP contribution is 2.19.